The molecule has 2 aromatic carbocycles. The summed E-state index contributed by atoms with van der Waals surface area (Å²) in [6, 6.07) is 12.7. The second kappa shape index (κ2) is 8.20. The summed E-state index contributed by atoms with van der Waals surface area (Å²) < 4.78 is 3.49. The Labute approximate surface area is 195 Å². The van der Waals surface area contributed by atoms with Crippen LogP contribution in [0.5, 0.6) is 0 Å². The zero-order valence-corrected chi connectivity index (χ0v) is 19.0. The molecule has 1 fully saturated rings. The number of aromatic nitrogens is 3. The van der Waals surface area contributed by atoms with Gasteiger partial charge in [0.05, 0.1) is 12.1 Å². The topological polar surface area (TPSA) is 112 Å². The Bertz CT molecular complexity index is 1460. The van der Waals surface area contributed by atoms with Gasteiger partial charge < -0.3 is 25.5 Å². The zero-order valence-electron chi connectivity index (χ0n) is 18.3. The molecule has 0 aliphatic carbocycles. The number of anilines is 1. The molecule has 4 aromatic rings. The lowest BCUT2D eigenvalue weighted by atomic mass is 10.1. The van der Waals surface area contributed by atoms with E-state index in [-0.39, 0.29) is 11.6 Å². The maximum atomic E-state index is 13.6. The third-order valence-corrected chi connectivity index (χ3v) is 6.75. The van der Waals surface area contributed by atoms with Crippen LogP contribution >= 0.6 is 11.6 Å². The summed E-state index contributed by atoms with van der Waals surface area (Å²) in [5, 5.41) is 1.40. The number of fused-ring (bicyclic) bond motifs is 3. The van der Waals surface area contributed by atoms with E-state index in [0.717, 1.165) is 30.3 Å². The maximum absolute atomic E-state index is 13.6. The predicted molar refractivity (Wildman–Crippen MR) is 131 cm³/mol. The minimum Gasteiger partial charge on any atom is -0.366 e. The lowest BCUT2D eigenvalue weighted by Crippen LogP contribution is -2.44. The highest BCUT2D eigenvalue weighted by atomic mass is 35.5. The fraction of sp³-hybridized carbons (Fsp3) is 0.292. The average molecular weight is 465 g/mol. The maximum Gasteiger partial charge on any atom is 0.277 e. The van der Waals surface area contributed by atoms with E-state index in [0.29, 0.717) is 46.2 Å². The molecule has 0 bridgehead atoms. The molecule has 1 saturated heterocycles. The minimum atomic E-state index is -0.545. The van der Waals surface area contributed by atoms with Gasteiger partial charge >= 0.3 is 0 Å². The van der Waals surface area contributed by atoms with E-state index in [1.165, 1.54) is 0 Å². The first kappa shape index (κ1) is 21.5. The van der Waals surface area contributed by atoms with Crippen LogP contribution in [0.15, 0.2) is 47.3 Å². The largest absolute Gasteiger partial charge is 0.366 e. The molecule has 0 spiro atoms. The highest BCUT2D eigenvalue weighted by molar-refractivity contribution is 6.31. The van der Waals surface area contributed by atoms with E-state index in [1.807, 2.05) is 28.8 Å². The summed E-state index contributed by atoms with van der Waals surface area (Å²) in [6.07, 6.45) is 1.92. The lowest BCUT2D eigenvalue weighted by Gasteiger charge is -2.32. The second-order valence-electron chi connectivity index (χ2n) is 8.60. The SMILES string of the molecule is Cn1c(=O)c2c(nc(N3CCC[C@@H](N)C3)n2Cc2ccccc2Cl)c2ccc(C(N)=O)cc21. The van der Waals surface area contributed by atoms with Gasteiger partial charge in [-0.1, -0.05) is 29.8 Å². The molecule has 4 N–H and O–H groups in total. The number of hydrogen-bond donors (Lipinski definition) is 2. The van der Waals surface area contributed by atoms with Crippen LogP contribution in [-0.2, 0) is 13.6 Å². The van der Waals surface area contributed by atoms with Gasteiger partial charge in [-0.2, -0.15) is 0 Å². The number of pyridine rings is 1. The molecule has 1 atom stereocenters. The Morgan fingerprint density at radius 3 is 2.76 bits per heavy atom. The molecule has 0 saturated carbocycles. The quantitative estimate of drug-likeness (QED) is 0.482. The van der Waals surface area contributed by atoms with Gasteiger partial charge in [-0.05, 0) is 42.7 Å². The molecule has 5 rings (SSSR count). The summed E-state index contributed by atoms with van der Waals surface area (Å²) in [4.78, 5) is 32.4. The number of primary amides is 1. The van der Waals surface area contributed by atoms with E-state index in [1.54, 1.807) is 29.8 Å². The van der Waals surface area contributed by atoms with E-state index < -0.39 is 5.91 Å². The standard InChI is InChI=1S/C24H25ClN6O2/c1-29-19-11-14(22(27)32)8-9-17(19)20-21(23(29)33)31(12-15-5-2-3-7-18(15)25)24(28-20)30-10-4-6-16(26)13-30/h2-3,5,7-9,11,16H,4,6,10,12-13,26H2,1H3,(H2,27,32)/t16-/m1/s1. The Morgan fingerprint density at radius 2 is 2.03 bits per heavy atom. The van der Waals surface area contributed by atoms with Gasteiger partial charge in [0.2, 0.25) is 11.9 Å². The van der Waals surface area contributed by atoms with Crippen molar-refractivity contribution in [2.75, 3.05) is 18.0 Å². The first-order valence-corrected chi connectivity index (χ1v) is 11.3. The van der Waals surface area contributed by atoms with Gasteiger partial charge in [0.25, 0.3) is 5.56 Å². The van der Waals surface area contributed by atoms with Crippen LogP contribution in [-0.4, -0.2) is 39.2 Å². The summed E-state index contributed by atoms with van der Waals surface area (Å²) in [6.45, 7) is 1.87. The van der Waals surface area contributed by atoms with E-state index in [9.17, 15) is 9.59 Å². The van der Waals surface area contributed by atoms with Gasteiger partial charge in [-0.25, -0.2) is 4.98 Å². The minimum absolute atomic E-state index is 0.0463. The molecular weight excluding hydrogens is 440 g/mol. The smallest absolute Gasteiger partial charge is 0.277 e. The summed E-state index contributed by atoms with van der Waals surface area (Å²) >= 11 is 6.47. The molecule has 33 heavy (non-hydrogen) atoms. The van der Waals surface area contributed by atoms with Gasteiger partial charge in [0, 0.05) is 42.2 Å². The van der Waals surface area contributed by atoms with Crippen LogP contribution in [0.25, 0.3) is 21.9 Å². The van der Waals surface area contributed by atoms with Crippen molar-refractivity contribution in [2.45, 2.75) is 25.4 Å². The predicted octanol–water partition coefficient (Wildman–Crippen LogP) is 2.62. The van der Waals surface area contributed by atoms with Crippen molar-refractivity contribution in [3.8, 4) is 0 Å². The summed E-state index contributed by atoms with van der Waals surface area (Å²) in [5.41, 5.74) is 14.5. The number of piperidine rings is 1. The molecule has 0 unspecified atom stereocenters. The third kappa shape index (κ3) is 3.65. The van der Waals surface area contributed by atoms with Crippen molar-refractivity contribution in [2.24, 2.45) is 18.5 Å². The number of aryl methyl sites for hydroxylation is 1. The van der Waals surface area contributed by atoms with Gasteiger partial charge in [-0.15, -0.1) is 0 Å². The fourth-order valence-corrected chi connectivity index (χ4v) is 4.85. The molecule has 2 aromatic heterocycles. The van der Waals surface area contributed by atoms with Crippen LogP contribution < -0.4 is 21.9 Å². The molecule has 1 amide bonds. The summed E-state index contributed by atoms with van der Waals surface area (Å²) in [5.74, 6) is 0.153. The molecule has 0 radical (unpaired) electrons. The first-order chi connectivity index (χ1) is 15.8. The Kier molecular flexibility index (Phi) is 5.34. The van der Waals surface area contributed by atoms with Crippen molar-refractivity contribution < 1.29 is 4.79 Å². The monoisotopic (exact) mass is 464 g/mol. The van der Waals surface area contributed by atoms with Crippen molar-refractivity contribution in [1.82, 2.24) is 14.1 Å². The normalized spacial score (nSPS) is 16.6. The highest BCUT2D eigenvalue weighted by Gasteiger charge is 2.26. The Hall–Kier alpha value is -3.36. The van der Waals surface area contributed by atoms with Crippen LogP contribution in [0, 0.1) is 0 Å². The number of carbonyl (C=O) groups excluding carboxylic acids is 1. The number of amides is 1. The van der Waals surface area contributed by atoms with Crippen LogP contribution in [0.2, 0.25) is 5.02 Å². The Balaban J connectivity index is 1.81. The van der Waals surface area contributed by atoms with Gasteiger partial charge in [0.1, 0.15) is 11.0 Å². The second-order valence-corrected chi connectivity index (χ2v) is 9.00. The number of hydrogen-bond acceptors (Lipinski definition) is 5. The number of benzene rings is 2. The van der Waals surface area contributed by atoms with Crippen LogP contribution in [0.4, 0.5) is 5.95 Å². The number of imidazole rings is 1. The van der Waals surface area contributed by atoms with E-state index in [4.69, 9.17) is 28.1 Å². The van der Waals surface area contributed by atoms with Crippen molar-refractivity contribution in [1.29, 1.82) is 0 Å². The van der Waals surface area contributed by atoms with Crippen molar-refractivity contribution in [3.63, 3.8) is 0 Å². The third-order valence-electron chi connectivity index (χ3n) is 6.38. The first-order valence-electron chi connectivity index (χ1n) is 10.9. The van der Waals surface area contributed by atoms with Gasteiger partial charge in [-0.3, -0.25) is 9.59 Å². The lowest BCUT2D eigenvalue weighted by molar-refractivity contribution is 0.100. The molecule has 1 aliphatic rings. The van der Waals surface area contributed by atoms with E-state index in [2.05, 4.69) is 4.90 Å². The Morgan fingerprint density at radius 1 is 1.24 bits per heavy atom. The van der Waals surface area contributed by atoms with Crippen LogP contribution in [0.1, 0.15) is 28.8 Å². The molecule has 1 aliphatic heterocycles. The number of nitrogens with zero attached hydrogens (tertiary/aromatic N) is 4. The van der Waals surface area contributed by atoms with Crippen LogP contribution in [0.3, 0.4) is 0 Å². The highest BCUT2D eigenvalue weighted by Crippen LogP contribution is 2.30. The molecule has 3 heterocycles. The molecule has 8 nitrogen and oxygen atoms in total. The van der Waals surface area contributed by atoms with Crippen molar-refractivity contribution in [3.05, 3.63) is 69.0 Å². The molecular formula is C24H25ClN6O2. The summed E-state index contributed by atoms with van der Waals surface area (Å²) in [7, 11) is 1.69. The number of halogens is 1. The van der Waals surface area contributed by atoms with E-state index >= 15 is 0 Å². The fourth-order valence-electron chi connectivity index (χ4n) is 4.66. The average Bonchev–Trinajstić information content (AvgIpc) is 3.18. The zero-order chi connectivity index (χ0) is 23.3. The number of rotatable bonds is 4. The number of carbonyl (C=O) groups is 1. The molecule has 9 heteroatoms. The van der Waals surface area contributed by atoms with Gasteiger partial charge in [0.15, 0.2) is 0 Å². The van der Waals surface area contributed by atoms with Crippen molar-refractivity contribution >= 4 is 45.4 Å². The number of nitrogens with two attached hydrogens (primary N) is 2. The molecule has 170 valence electrons.